The quantitative estimate of drug-likeness (QED) is 0.0238. The summed E-state index contributed by atoms with van der Waals surface area (Å²) in [5, 5.41) is 18.4. The Morgan fingerprint density at radius 2 is 1.00 bits per heavy atom. The van der Waals surface area contributed by atoms with E-state index in [1.807, 2.05) is 0 Å². The highest BCUT2D eigenvalue weighted by molar-refractivity contribution is 7.47. The van der Waals surface area contributed by atoms with Crippen molar-refractivity contribution in [2.45, 2.75) is 199 Å². The predicted molar refractivity (Wildman–Crippen MR) is 237 cm³/mol. The van der Waals surface area contributed by atoms with Gasteiger partial charge in [-0.2, -0.15) is 0 Å². The Balaban J connectivity index is 4.21. The van der Waals surface area contributed by atoms with Crippen molar-refractivity contribution in [3.63, 3.8) is 0 Å². The lowest BCUT2D eigenvalue weighted by Crippen LogP contribution is -2.29. The lowest BCUT2D eigenvalue weighted by atomic mass is 10.0. The number of aliphatic hydroxyl groups excluding tert-OH is 2. The van der Waals surface area contributed by atoms with E-state index in [2.05, 4.69) is 74.6 Å². The Morgan fingerprint density at radius 1 is 0.561 bits per heavy atom. The van der Waals surface area contributed by atoms with Crippen molar-refractivity contribution < 1.29 is 43.0 Å². The molecule has 0 bridgehead atoms. The molecule has 0 radical (unpaired) electrons. The van der Waals surface area contributed by atoms with Gasteiger partial charge >= 0.3 is 13.8 Å². The molecule has 0 fully saturated rings. The molecule has 9 nitrogen and oxygen atoms in total. The molecule has 0 saturated carbocycles. The molecule has 0 aromatic carbocycles. The van der Waals surface area contributed by atoms with Gasteiger partial charge in [-0.25, -0.2) is 4.57 Å². The smallest absolute Gasteiger partial charge is 0.457 e. The van der Waals surface area contributed by atoms with Crippen LogP contribution in [0.3, 0.4) is 0 Å². The minimum Gasteiger partial charge on any atom is -0.457 e. The number of carbonyl (C=O) groups excluding carboxylic acids is 1. The molecule has 0 aromatic rings. The molecular formula is C47H85O9P. The molecule has 0 rings (SSSR count). The largest absolute Gasteiger partial charge is 0.472 e. The van der Waals surface area contributed by atoms with E-state index in [1.54, 1.807) is 0 Å². The first kappa shape index (κ1) is 55.2. The van der Waals surface area contributed by atoms with Crippen molar-refractivity contribution in [1.82, 2.24) is 0 Å². The summed E-state index contributed by atoms with van der Waals surface area (Å²) in [5.74, 6) is -0.413. The number of allylic oxidation sites excluding steroid dienone is 10. The standard InChI is InChI=1S/C47H85O9P/c1-3-5-7-9-11-13-15-17-19-21-22-23-25-27-29-31-33-35-37-39-47(50)56-46(44-55-57(51,52)54-42-45(49)41-48)43-53-40-38-36-34-32-30-28-26-24-20-18-16-14-12-10-8-6-4-2/h5,7,11,13,17,19,22-23,27,29,45-46,48-49H,3-4,6,8-10,12,14-16,18,20-21,24-26,28,30-44H2,1-2H3,(H,51,52)/b7-5-,13-11-,19-17-,23-22-,29-27-. The average Bonchev–Trinajstić information content (AvgIpc) is 3.20. The molecule has 0 amide bonds. The van der Waals surface area contributed by atoms with Crippen LogP contribution in [0.25, 0.3) is 0 Å². The third-order valence-electron chi connectivity index (χ3n) is 9.47. The highest BCUT2D eigenvalue weighted by Gasteiger charge is 2.26. The zero-order chi connectivity index (χ0) is 41.8. The van der Waals surface area contributed by atoms with Gasteiger partial charge in [0.1, 0.15) is 12.2 Å². The maximum absolute atomic E-state index is 12.6. The van der Waals surface area contributed by atoms with Crippen LogP contribution in [0.15, 0.2) is 60.8 Å². The van der Waals surface area contributed by atoms with Gasteiger partial charge in [0, 0.05) is 13.0 Å². The molecule has 3 unspecified atom stereocenters. The summed E-state index contributed by atoms with van der Waals surface area (Å²) in [6, 6.07) is 0. The van der Waals surface area contributed by atoms with Crippen molar-refractivity contribution in [1.29, 1.82) is 0 Å². The molecule has 0 spiro atoms. The maximum Gasteiger partial charge on any atom is 0.472 e. The number of phosphoric acid groups is 1. The first-order valence-corrected chi connectivity index (χ1v) is 24.3. The van der Waals surface area contributed by atoms with Gasteiger partial charge in [0.15, 0.2) is 0 Å². The van der Waals surface area contributed by atoms with Crippen LogP contribution in [-0.2, 0) is 27.9 Å². The third-order valence-corrected chi connectivity index (χ3v) is 10.4. The second-order valence-corrected chi connectivity index (χ2v) is 16.5. The van der Waals surface area contributed by atoms with E-state index in [9.17, 15) is 19.4 Å². The van der Waals surface area contributed by atoms with Gasteiger partial charge in [0.25, 0.3) is 0 Å². The molecule has 0 aromatic heterocycles. The summed E-state index contributed by atoms with van der Waals surface area (Å²) >= 11 is 0. The van der Waals surface area contributed by atoms with E-state index >= 15 is 0 Å². The molecular weight excluding hydrogens is 739 g/mol. The van der Waals surface area contributed by atoms with Crippen molar-refractivity contribution in [2.75, 3.05) is 33.0 Å². The Labute approximate surface area is 349 Å². The first-order valence-electron chi connectivity index (χ1n) is 22.8. The van der Waals surface area contributed by atoms with E-state index in [1.165, 1.54) is 89.9 Å². The lowest BCUT2D eigenvalue weighted by Gasteiger charge is -2.20. The summed E-state index contributed by atoms with van der Waals surface area (Å²) in [6.45, 7) is 3.37. The van der Waals surface area contributed by atoms with Crippen LogP contribution < -0.4 is 0 Å². The average molecular weight is 825 g/mol. The Hall–Kier alpha value is -1.84. The van der Waals surface area contributed by atoms with Gasteiger partial charge in [-0.3, -0.25) is 13.8 Å². The Kier molecular flexibility index (Phi) is 42.3. The normalized spacial score (nSPS) is 14.5. The lowest BCUT2D eigenvalue weighted by molar-refractivity contribution is -0.154. The zero-order valence-electron chi connectivity index (χ0n) is 36.3. The van der Waals surface area contributed by atoms with Gasteiger partial charge in [-0.05, 0) is 57.8 Å². The summed E-state index contributed by atoms with van der Waals surface area (Å²) in [5.41, 5.74) is 0. The van der Waals surface area contributed by atoms with Crippen molar-refractivity contribution in [3.8, 4) is 0 Å². The number of phosphoric ester groups is 1. The highest BCUT2D eigenvalue weighted by Crippen LogP contribution is 2.43. The zero-order valence-corrected chi connectivity index (χ0v) is 37.2. The molecule has 0 aliphatic heterocycles. The van der Waals surface area contributed by atoms with Crippen molar-refractivity contribution in [3.05, 3.63) is 60.8 Å². The number of ether oxygens (including phenoxy) is 2. The van der Waals surface area contributed by atoms with E-state index in [4.69, 9.17) is 23.6 Å². The fourth-order valence-electron chi connectivity index (χ4n) is 6.03. The molecule has 3 atom stereocenters. The van der Waals surface area contributed by atoms with Crippen LogP contribution in [0.2, 0.25) is 0 Å². The molecule has 10 heteroatoms. The minimum absolute atomic E-state index is 0.0356. The van der Waals surface area contributed by atoms with E-state index in [0.29, 0.717) is 13.0 Å². The summed E-state index contributed by atoms with van der Waals surface area (Å²) < 4.78 is 33.4. The Morgan fingerprint density at radius 3 is 1.49 bits per heavy atom. The van der Waals surface area contributed by atoms with E-state index in [0.717, 1.165) is 70.6 Å². The summed E-state index contributed by atoms with van der Waals surface area (Å²) in [7, 11) is -4.53. The number of esters is 1. The minimum atomic E-state index is -4.53. The second kappa shape index (κ2) is 43.7. The summed E-state index contributed by atoms with van der Waals surface area (Å²) in [4.78, 5) is 22.6. The second-order valence-electron chi connectivity index (χ2n) is 15.0. The fraction of sp³-hybridized carbons (Fsp3) is 0.766. The number of unbranched alkanes of at least 4 members (excludes halogenated alkanes) is 19. The number of hydrogen-bond acceptors (Lipinski definition) is 8. The molecule has 57 heavy (non-hydrogen) atoms. The number of carbonyl (C=O) groups is 1. The maximum atomic E-state index is 12.6. The highest BCUT2D eigenvalue weighted by atomic mass is 31.2. The molecule has 0 saturated heterocycles. The van der Waals surface area contributed by atoms with Gasteiger partial charge in [-0.1, -0.05) is 184 Å². The monoisotopic (exact) mass is 825 g/mol. The van der Waals surface area contributed by atoms with Gasteiger partial charge in [0.2, 0.25) is 0 Å². The number of hydrogen-bond donors (Lipinski definition) is 3. The van der Waals surface area contributed by atoms with Crippen LogP contribution in [-0.4, -0.2) is 66.3 Å². The van der Waals surface area contributed by atoms with Crippen LogP contribution in [0.1, 0.15) is 187 Å². The molecule has 0 aliphatic rings. The van der Waals surface area contributed by atoms with Crippen molar-refractivity contribution in [2.24, 2.45) is 0 Å². The van der Waals surface area contributed by atoms with E-state index in [-0.39, 0.29) is 13.0 Å². The molecule has 0 aliphatic carbocycles. The summed E-state index contributed by atoms with van der Waals surface area (Å²) in [6.07, 6.45) is 50.4. The number of aliphatic hydroxyl groups is 2. The van der Waals surface area contributed by atoms with Crippen LogP contribution in [0.5, 0.6) is 0 Å². The van der Waals surface area contributed by atoms with Crippen LogP contribution in [0.4, 0.5) is 0 Å². The molecule has 332 valence electrons. The SMILES string of the molecule is CC/C=C\C/C=C\C/C=C\C/C=C\C/C=C\CCCCCC(=O)OC(COCCCCCCCCCCCCCCCCCCC)COP(=O)(O)OCC(O)CO. The third kappa shape index (κ3) is 43.6. The van der Waals surface area contributed by atoms with E-state index < -0.39 is 45.8 Å². The van der Waals surface area contributed by atoms with Gasteiger partial charge in [-0.15, -0.1) is 0 Å². The van der Waals surface area contributed by atoms with Crippen LogP contribution in [0, 0.1) is 0 Å². The van der Waals surface area contributed by atoms with Crippen molar-refractivity contribution >= 4 is 13.8 Å². The van der Waals surface area contributed by atoms with Gasteiger partial charge < -0.3 is 24.6 Å². The fourth-order valence-corrected chi connectivity index (χ4v) is 6.82. The number of rotatable bonds is 43. The molecule has 3 N–H and O–H groups in total. The van der Waals surface area contributed by atoms with Crippen LogP contribution >= 0.6 is 7.82 Å². The molecule has 0 heterocycles. The topological polar surface area (TPSA) is 132 Å². The Bertz CT molecular complexity index is 1070. The first-order chi connectivity index (χ1) is 27.8. The predicted octanol–water partition coefficient (Wildman–Crippen LogP) is 12.8. The van der Waals surface area contributed by atoms with Gasteiger partial charge in [0.05, 0.1) is 26.4 Å².